The molecule has 0 N–H and O–H groups in total. The van der Waals surface area contributed by atoms with E-state index in [9.17, 15) is 8.42 Å². The SMILES string of the molecule is C/C(=C\c1nnc([C@H]2CN(S(C)(=O)=O)CCO2)o1)C1CC1. The number of sulfonamides is 1. The highest BCUT2D eigenvalue weighted by atomic mass is 32.2. The monoisotopic (exact) mass is 313 g/mol. The Hall–Kier alpha value is -1.25. The molecule has 0 radical (unpaired) electrons. The quantitative estimate of drug-likeness (QED) is 0.830. The summed E-state index contributed by atoms with van der Waals surface area (Å²) in [6.45, 7) is 2.96. The van der Waals surface area contributed by atoms with Gasteiger partial charge in [0, 0.05) is 19.2 Å². The van der Waals surface area contributed by atoms with Gasteiger partial charge < -0.3 is 9.15 Å². The van der Waals surface area contributed by atoms with Gasteiger partial charge in [-0.3, -0.25) is 0 Å². The van der Waals surface area contributed by atoms with Crippen LogP contribution >= 0.6 is 0 Å². The minimum atomic E-state index is -3.23. The maximum absolute atomic E-state index is 11.6. The van der Waals surface area contributed by atoms with E-state index in [1.54, 1.807) is 0 Å². The highest BCUT2D eigenvalue weighted by Crippen LogP contribution is 2.37. The Morgan fingerprint density at radius 2 is 2.14 bits per heavy atom. The number of aromatic nitrogens is 2. The van der Waals surface area contributed by atoms with Crippen LogP contribution < -0.4 is 0 Å². The highest BCUT2D eigenvalue weighted by Gasteiger charge is 2.31. The first kappa shape index (κ1) is 14.7. The van der Waals surface area contributed by atoms with Gasteiger partial charge in [-0.2, -0.15) is 4.31 Å². The number of morpholine rings is 1. The maximum atomic E-state index is 11.6. The smallest absolute Gasteiger partial charge is 0.246 e. The summed E-state index contributed by atoms with van der Waals surface area (Å²) in [6.07, 6.45) is 5.03. The van der Waals surface area contributed by atoms with E-state index < -0.39 is 16.1 Å². The van der Waals surface area contributed by atoms with Crippen LogP contribution in [0.15, 0.2) is 9.99 Å². The Kier molecular flexibility index (Phi) is 3.85. The van der Waals surface area contributed by atoms with Crippen LogP contribution in [0.3, 0.4) is 0 Å². The van der Waals surface area contributed by atoms with E-state index in [-0.39, 0.29) is 6.54 Å². The molecular formula is C13H19N3O4S. The van der Waals surface area contributed by atoms with E-state index in [4.69, 9.17) is 9.15 Å². The van der Waals surface area contributed by atoms with Crippen LogP contribution in [0.2, 0.25) is 0 Å². The normalized spacial score (nSPS) is 25.2. The molecule has 1 aromatic rings. The lowest BCUT2D eigenvalue weighted by Crippen LogP contribution is -2.41. The summed E-state index contributed by atoms with van der Waals surface area (Å²) in [5, 5.41) is 7.97. The van der Waals surface area contributed by atoms with Crippen LogP contribution in [0.1, 0.15) is 37.7 Å². The molecule has 0 aromatic carbocycles. The van der Waals surface area contributed by atoms with Crippen molar-refractivity contribution in [2.75, 3.05) is 26.0 Å². The van der Waals surface area contributed by atoms with Crippen molar-refractivity contribution in [3.8, 4) is 0 Å². The van der Waals surface area contributed by atoms with Crippen LogP contribution in [-0.4, -0.2) is 48.9 Å². The maximum Gasteiger partial charge on any atom is 0.246 e. The summed E-state index contributed by atoms with van der Waals surface area (Å²) in [5.41, 5.74) is 1.24. The summed E-state index contributed by atoms with van der Waals surface area (Å²) in [6, 6.07) is 0. The van der Waals surface area contributed by atoms with Gasteiger partial charge >= 0.3 is 0 Å². The van der Waals surface area contributed by atoms with Crippen LogP contribution in [-0.2, 0) is 14.8 Å². The third kappa shape index (κ3) is 3.50. The molecule has 7 nitrogen and oxygen atoms in total. The Labute approximate surface area is 124 Å². The molecular weight excluding hydrogens is 294 g/mol. The van der Waals surface area contributed by atoms with Crippen LogP contribution in [0, 0.1) is 5.92 Å². The first-order valence-electron chi connectivity index (χ1n) is 7.02. The molecule has 0 bridgehead atoms. The van der Waals surface area contributed by atoms with Gasteiger partial charge in [0.25, 0.3) is 0 Å². The lowest BCUT2D eigenvalue weighted by atomic mass is 10.2. The lowest BCUT2D eigenvalue weighted by Gasteiger charge is -2.29. The average Bonchev–Trinajstić information content (AvgIpc) is 3.19. The van der Waals surface area contributed by atoms with Gasteiger partial charge in [-0.1, -0.05) is 5.57 Å². The van der Waals surface area contributed by atoms with E-state index in [2.05, 4.69) is 17.1 Å². The van der Waals surface area contributed by atoms with Gasteiger partial charge in [-0.05, 0) is 25.7 Å². The third-order valence-electron chi connectivity index (χ3n) is 3.80. The van der Waals surface area contributed by atoms with Crippen molar-refractivity contribution in [3.63, 3.8) is 0 Å². The molecule has 1 atom stereocenters. The zero-order chi connectivity index (χ0) is 15.0. The second-order valence-corrected chi connectivity index (χ2v) is 7.60. The second-order valence-electron chi connectivity index (χ2n) is 5.62. The van der Waals surface area contributed by atoms with Gasteiger partial charge in [0.2, 0.25) is 21.8 Å². The van der Waals surface area contributed by atoms with Crippen molar-refractivity contribution in [2.45, 2.75) is 25.9 Å². The van der Waals surface area contributed by atoms with Gasteiger partial charge in [-0.15, -0.1) is 10.2 Å². The standard InChI is InChI=1S/C13H19N3O4S/c1-9(10-3-4-10)7-12-14-15-13(20-12)11-8-16(5-6-19-11)21(2,17)18/h7,10-11H,3-6,8H2,1-2H3/b9-7+/t11-/m1/s1. The topological polar surface area (TPSA) is 85.5 Å². The number of rotatable bonds is 4. The van der Waals surface area contributed by atoms with Crippen molar-refractivity contribution >= 4 is 16.1 Å². The van der Waals surface area contributed by atoms with Crippen LogP contribution in [0.25, 0.3) is 6.08 Å². The molecule has 1 aliphatic heterocycles. The van der Waals surface area contributed by atoms with Gasteiger partial charge in [-0.25, -0.2) is 8.42 Å². The van der Waals surface area contributed by atoms with Crippen molar-refractivity contribution in [2.24, 2.45) is 5.92 Å². The first-order valence-corrected chi connectivity index (χ1v) is 8.86. The van der Waals surface area contributed by atoms with E-state index >= 15 is 0 Å². The number of hydrogen-bond acceptors (Lipinski definition) is 6. The summed E-state index contributed by atoms with van der Waals surface area (Å²) < 4.78 is 35.7. The molecule has 0 amide bonds. The van der Waals surface area contributed by atoms with Crippen molar-refractivity contribution in [1.29, 1.82) is 0 Å². The Morgan fingerprint density at radius 1 is 1.38 bits per heavy atom. The Balaban J connectivity index is 1.72. The van der Waals surface area contributed by atoms with Gasteiger partial charge in [0.05, 0.1) is 12.9 Å². The Bertz CT molecular complexity index is 648. The molecule has 0 spiro atoms. The molecule has 3 rings (SSSR count). The molecule has 1 aromatic heterocycles. The average molecular weight is 313 g/mol. The molecule has 2 fully saturated rings. The van der Waals surface area contributed by atoms with E-state index in [0.29, 0.717) is 30.9 Å². The predicted octanol–water partition coefficient (Wildman–Crippen LogP) is 1.22. The predicted molar refractivity (Wildman–Crippen MR) is 75.8 cm³/mol. The number of ether oxygens (including phenoxy) is 1. The lowest BCUT2D eigenvalue weighted by molar-refractivity contribution is -0.0172. The molecule has 0 unspecified atom stereocenters. The summed E-state index contributed by atoms with van der Waals surface area (Å²) in [4.78, 5) is 0. The molecule has 1 saturated heterocycles. The fraction of sp³-hybridized carbons (Fsp3) is 0.692. The minimum Gasteiger partial charge on any atom is -0.418 e. The summed E-state index contributed by atoms with van der Waals surface area (Å²) in [5.74, 6) is 1.43. The van der Waals surface area contributed by atoms with E-state index in [1.807, 2.05) is 6.08 Å². The van der Waals surface area contributed by atoms with Gasteiger partial charge in [0.1, 0.15) is 6.10 Å². The molecule has 21 heavy (non-hydrogen) atoms. The molecule has 1 aliphatic carbocycles. The zero-order valence-electron chi connectivity index (χ0n) is 12.2. The molecule has 8 heteroatoms. The van der Waals surface area contributed by atoms with E-state index in [1.165, 1.54) is 29.0 Å². The molecule has 2 aliphatic rings. The number of allylic oxidation sites excluding steroid dienone is 1. The summed E-state index contributed by atoms with van der Waals surface area (Å²) in [7, 11) is -3.23. The van der Waals surface area contributed by atoms with E-state index in [0.717, 1.165) is 0 Å². The Morgan fingerprint density at radius 3 is 2.81 bits per heavy atom. The second kappa shape index (κ2) is 5.51. The highest BCUT2D eigenvalue weighted by molar-refractivity contribution is 7.88. The fourth-order valence-corrected chi connectivity index (χ4v) is 3.17. The van der Waals surface area contributed by atoms with Gasteiger partial charge in [0.15, 0.2) is 0 Å². The third-order valence-corrected chi connectivity index (χ3v) is 5.07. The molecule has 116 valence electrons. The number of hydrogen-bond donors (Lipinski definition) is 0. The van der Waals surface area contributed by atoms with Crippen molar-refractivity contribution in [3.05, 3.63) is 17.4 Å². The molecule has 1 saturated carbocycles. The van der Waals surface area contributed by atoms with Crippen LogP contribution in [0.4, 0.5) is 0 Å². The largest absolute Gasteiger partial charge is 0.418 e. The summed E-state index contributed by atoms with van der Waals surface area (Å²) >= 11 is 0. The minimum absolute atomic E-state index is 0.214. The zero-order valence-corrected chi connectivity index (χ0v) is 13.0. The van der Waals surface area contributed by atoms with Crippen molar-refractivity contribution < 1.29 is 17.6 Å². The van der Waals surface area contributed by atoms with Crippen molar-refractivity contribution in [1.82, 2.24) is 14.5 Å². The number of nitrogens with zero attached hydrogens (tertiary/aromatic N) is 3. The first-order chi connectivity index (χ1) is 9.93. The molecule has 2 heterocycles. The fourth-order valence-electron chi connectivity index (χ4n) is 2.36. The van der Waals surface area contributed by atoms with Crippen LogP contribution in [0.5, 0.6) is 0 Å².